The van der Waals surface area contributed by atoms with Crippen LogP contribution in [0, 0.1) is 0 Å². The number of benzene rings is 2. The molecule has 2 aromatic carbocycles. The fraction of sp³-hybridized carbons (Fsp3) is 0.364. The van der Waals surface area contributed by atoms with Crippen molar-refractivity contribution in [2.75, 3.05) is 33.4 Å². The Morgan fingerprint density at radius 2 is 1.79 bits per heavy atom. The first-order chi connectivity index (χ1) is 13.6. The summed E-state index contributed by atoms with van der Waals surface area (Å²) in [7, 11) is 1.47. The van der Waals surface area contributed by atoms with E-state index in [1.54, 1.807) is 9.80 Å². The number of hydrogen-bond donors (Lipinski definition) is 1. The lowest BCUT2D eigenvalue weighted by Gasteiger charge is -2.58. The zero-order valence-electron chi connectivity index (χ0n) is 15.8. The van der Waals surface area contributed by atoms with Crippen LogP contribution in [0.1, 0.15) is 11.5 Å². The number of methoxy groups -OCH3 is 1. The van der Waals surface area contributed by atoms with Gasteiger partial charge in [0.05, 0.1) is 25.2 Å². The van der Waals surface area contributed by atoms with Gasteiger partial charge in [-0.3, -0.25) is 9.59 Å². The van der Waals surface area contributed by atoms with Gasteiger partial charge in [0, 0.05) is 19.6 Å². The number of aliphatic hydroxyl groups excluding tert-OH is 1. The van der Waals surface area contributed by atoms with Crippen LogP contribution in [0.4, 0.5) is 0 Å². The number of carbonyl (C=O) groups is 2. The number of fused-ring (bicyclic) bond motifs is 1. The summed E-state index contributed by atoms with van der Waals surface area (Å²) in [5.74, 6) is -0.282. The molecule has 0 unspecified atom stereocenters. The van der Waals surface area contributed by atoms with Crippen LogP contribution in [0.15, 0.2) is 54.6 Å². The van der Waals surface area contributed by atoms with E-state index >= 15 is 0 Å². The number of piperazine rings is 1. The molecule has 1 N–H and O–H groups in total. The molecule has 2 heterocycles. The highest BCUT2D eigenvalue weighted by Crippen LogP contribution is 2.43. The van der Waals surface area contributed by atoms with Crippen LogP contribution < -0.4 is 0 Å². The SMILES string of the molecule is COCC(=O)N1CC(=O)N2[C@H](C1)[C@H](c1ccc(-c3ccccc3)cc1)[C@@H]2CO. The summed E-state index contributed by atoms with van der Waals surface area (Å²) in [5, 5.41) is 9.87. The van der Waals surface area contributed by atoms with E-state index in [2.05, 4.69) is 36.4 Å². The van der Waals surface area contributed by atoms with Gasteiger partial charge in [0.2, 0.25) is 11.8 Å². The average molecular weight is 380 g/mol. The van der Waals surface area contributed by atoms with Gasteiger partial charge in [0.25, 0.3) is 0 Å². The smallest absolute Gasteiger partial charge is 0.249 e. The lowest BCUT2D eigenvalue weighted by molar-refractivity contribution is -0.168. The van der Waals surface area contributed by atoms with Gasteiger partial charge in [0.15, 0.2) is 0 Å². The Hall–Kier alpha value is -2.70. The molecule has 3 atom stereocenters. The second-order valence-electron chi connectivity index (χ2n) is 7.34. The van der Waals surface area contributed by atoms with Crippen molar-refractivity contribution < 1.29 is 19.4 Å². The number of rotatable bonds is 5. The van der Waals surface area contributed by atoms with E-state index in [-0.39, 0.29) is 49.6 Å². The van der Waals surface area contributed by atoms with Gasteiger partial charge in [-0.05, 0) is 16.7 Å². The van der Waals surface area contributed by atoms with E-state index in [4.69, 9.17) is 4.74 Å². The predicted molar refractivity (Wildman–Crippen MR) is 105 cm³/mol. The van der Waals surface area contributed by atoms with Crippen molar-refractivity contribution in [3.8, 4) is 11.1 Å². The van der Waals surface area contributed by atoms with Crippen LogP contribution >= 0.6 is 0 Å². The van der Waals surface area contributed by atoms with Gasteiger partial charge in [-0.2, -0.15) is 0 Å². The standard InChI is InChI=1S/C22H24N2O4/c1-28-14-21(27)23-11-18-22(19(13-25)24(18)20(26)12-23)17-9-7-16(8-10-17)15-5-3-2-4-6-15/h2-10,18-19,22,25H,11-14H2,1H3/t18-,19+,22+/m1/s1. The first kappa shape index (κ1) is 18.7. The zero-order valence-corrected chi connectivity index (χ0v) is 15.8. The largest absolute Gasteiger partial charge is 0.394 e. The average Bonchev–Trinajstić information content (AvgIpc) is 2.71. The number of ether oxygens (including phenoxy) is 1. The molecule has 4 rings (SSSR count). The molecule has 0 spiro atoms. The molecule has 6 nitrogen and oxygen atoms in total. The molecule has 0 saturated carbocycles. The van der Waals surface area contributed by atoms with Crippen molar-refractivity contribution in [3.63, 3.8) is 0 Å². The van der Waals surface area contributed by atoms with E-state index < -0.39 is 0 Å². The Kier molecular flexibility index (Phi) is 5.15. The molecule has 146 valence electrons. The second-order valence-corrected chi connectivity index (χ2v) is 7.34. The Morgan fingerprint density at radius 1 is 1.11 bits per heavy atom. The Bertz CT molecular complexity index is 853. The summed E-state index contributed by atoms with van der Waals surface area (Å²) in [4.78, 5) is 28.0. The molecule has 0 radical (unpaired) electrons. The van der Waals surface area contributed by atoms with Gasteiger partial charge in [-0.15, -0.1) is 0 Å². The van der Waals surface area contributed by atoms with E-state index in [0.29, 0.717) is 6.54 Å². The summed E-state index contributed by atoms with van der Waals surface area (Å²) >= 11 is 0. The summed E-state index contributed by atoms with van der Waals surface area (Å²) < 4.78 is 4.93. The molecule has 0 aliphatic carbocycles. The van der Waals surface area contributed by atoms with Crippen molar-refractivity contribution in [2.45, 2.75) is 18.0 Å². The van der Waals surface area contributed by atoms with Crippen LogP contribution in [0.2, 0.25) is 0 Å². The maximum atomic E-state index is 12.5. The molecular formula is C22H24N2O4. The predicted octanol–water partition coefficient (Wildman–Crippen LogP) is 1.50. The normalized spacial score (nSPS) is 23.9. The van der Waals surface area contributed by atoms with Gasteiger partial charge < -0.3 is 19.6 Å². The molecule has 2 saturated heterocycles. The third kappa shape index (κ3) is 3.19. The van der Waals surface area contributed by atoms with Crippen molar-refractivity contribution in [2.24, 2.45) is 0 Å². The molecule has 2 aliphatic heterocycles. The molecule has 2 aliphatic rings. The van der Waals surface area contributed by atoms with Crippen molar-refractivity contribution >= 4 is 11.8 Å². The molecule has 0 aromatic heterocycles. The summed E-state index contributed by atoms with van der Waals surface area (Å²) in [6, 6.07) is 18.1. The number of carbonyl (C=O) groups excluding carboxylic acids is 2. The fourth-order valence-electron chi connectivity index (χ4n) is 4.43. The third-order valence-electron chi connectivity index (χ3n) is 5.78. The van der Waals surface area contributed by atoms with Crippen molar-refractivity contribution in [3.05, 3.63) is 60.2 Å². The van der Waals surface area contributed by atoms with E-state index in [9.17, 15) is 14.7 Å². The maximum Gasteiger partial charge on any atom is 0.249 e. The highest BCUT2D eigenvalue weighted by molar-refractivity contribution is 5.88. The topological polar surface area (TPSA) is 70.1 Å². The maximum absolute atomic E-state index is 12.5. The molecular weight excluding hydrogens is 356 g/mol. The highest BCUT2D eigenvalue weighted by Gasteiger charge is 2.54. The third-order valence-corrected chi connectivity index (χ3v) is 5.78. The minimum absolute atomic E-state index is 0.0110. The number of amides is 2. The van der Waals surface area contributed by atoms with Crippen LogP contribution in [0.3, 0.4) is 0 Å². The molecule has 28 heavy (non-hydrogen) atoms. The quantitative estimate of drug-likeness (QED) is 0.854. The highest BCUT2D eigenvalue weighted by atomic mass is 16.5. The van der Waals surface area contributed by atoms with Crippen LogP contribution in [-0.2, 0) is 14.3 Å². The van der Waals surface area contributed by atoms with Gasteiger partial charge in [-0.1, -0.05) is 54.6 Å². The second kappa shape index (κ2) is 7.73. The summed E-state index contributed by atoms with van der Waals surface area (Å²) in [5.41, 5.74) is 3.35. The number of nitrogens with zero attached hydrogens (tertiary/aromatic N) is 2. The fourth-order valence-corrected chi connectivity index (χ4v) is 4.43. The number of hydrogen-bond acceptors (Lipinski definition) is 4. The number of aliphatic hydroxyl groups is 1. The Morgan fingerprint density at radius 3 is 2.43 bits per heavy atom. The van der Waals surface area contributed by atoms with Crippen LogP contribution in [0.5, 0.6) is 0 Å². The lowest BCUT2D eigenvalue weighted by Crippen LogP contribution is -2.73. The first-order valence-corrected chi connectivity index (χ1v) is 9.48. The van der Waals surface area contributed by atoms with Crippen molar-refractivity contribution in [1.82, 2.24) is 9.80 Å². The minimum Gasteiger partial charge on any atom is -0.394 e. The van der Waals surface area contributed by atoms with Gasteiger partial charge >= 0.3 is 0 Å². The molecule has 6 heteroatoms. The monoisotopic (exact) mass is 380 g/mol. The van der Waals surface area contributed by atoms with E-state index in [1.165, 1.54) is 7.11 Å². The minimum atomic E-state index is -0.236. The Balaban J connectivity index is 1.56. The van der Waals surface area contributed by atoms with Crippen molar-refractivity contribution in [1.29, 1.82) is 0 Å². The van der Waals surface area contributed by atoms with Crippen LogP contribution in [-0.4, -0.2) is 72.2 Å². The van der Waals surface area contributed by atoms with E-state index in [1.807, 2.05) is 18.2 Å². The van der Waals surface area contributed by atoms with Gasteiger partial charge in [0.1, 0.15) is 6.61 Å². The van der Waals surface area contributed by atoms with E-state index in [0.717, 1.165) is 16.7 Å². The molecule has 2 amide bonds. The molecule has 2 aromatic rings. The zero-order chi connectivity index (χ0) is 19.7. The first-order valence-electron chi connectivity index (χ1n) is 9.48. The lowest BCUT2D eigenvalue weighted by atomic mass is 9.73. The molecule has 2 fully saturated rings. The Labute approximate surface area is 164 Å². The van der Waals surface area contributed by atoms with Crippen LogP contribution in [0.25, 0.3) is 11.1 Å². The van der Waals surface area contributed by atoms with Gasteiger partial charge in [-0.25, -0.2) is 0 Å². The summed E-state index contributed by atoms with van der Waals surface area (Å²) in [6.07, 6.45) is 0. The molecule has 0 bridgehead atoms. The summed E-state index contributed by atoms with van der Waals surface area (Å²) in [6.45, 7) is 0.406.